The van der Waals surface area contributed by atoms with E-state index in [9.17, 15) is 4.79 Å². The molecule has 1 saturated heterocycles. The van der Waals surface area contributed by atoms with Crippen LogP contribution in [0.4, 0.5) is 0 Å². The second-order valence-electron chi connectivity index (χ2n) is 4.98. The maximum absolute atomic E-state index is 12.0. The fraction of sp³-hybridized carbons (Fsp3) is 0.615. The van der Waals surface area contributed by atoms with Gasteiger partial charge in [0.05, 0.1) is 4.88 Å². The van der Waals surface area contributed by atoms with Gasteiger partial charge in [0.25, 0.3) is 5.91 Å². The molecule has 3 rings (SSSR count). The highest BCUT2D eigenvalue weighted by atomic mass is 35.5. The summed E-state index contributed by atoms with van der Waals surface area (Å²) < 4.78 is 0. The molecule has 0 radical (unpaired) electrons. The van der Waals surface area contributed by atoms with Crippen molar-refractivity contribution >= 4 is 29.7 Å². The highest BCUT2D eigenvalue weighted by Gasteiger charge is 2.20. The Hall–Kier alpha value is -0.580. The Balaban J connectivity index is 0.00000120. The molecule has 1 atom stereocenters. The lowest BCUT2D eigenvalue weighted by atomic mass is 10.1. The minimum Gasteiger partial charge on any atom is -0.351 e. The van der Waals surface area contributed by atoms with Crippen LogP contribution in [-0.4, -0.2) is 25.5 Å². The Morgan fingerprint density at radius 2 is 2.39 bits per heavy atom. The van der Waals surface area contributed by atoms with Gasteiger partial charge in [-0.05, 0) is 56.3 Å². The first-order chi connectivity index (χ1) is 8.33. The molecule has 100 valence electrons. The van der Waals surface area contributed by atoms with Crippen molar-refractivity contribution in [2.75, 3.05) is 19.6 Å². The van der Waals surface area contributed by atoms with E-state index >= 15 is 0 Å². The van der Waals surface area contributed by atoms with Crippen LogP contribution in [0.2, 0.25) is 0 Å². The number of nitrogens with one attached hydrogen (secondary N) is 2. The molecule has 1 amide bonds. The average Bonchev–Trinajstić information content (AvgIpc) is 3.01. The monoisotopic (exact) mass is 286 g/mol. The Kier molecular flexibility index (Phi) is 4.65. The third kappa shape index (κ3) is 2.87. The van der Waals surface area contributed by atoms with Gasteiger partial charge in [-0.1, -0.05) is 0 Å². The molecule has 1 unspecified atom stereocenters. The predicted octanol–water partition coefficient (Wildman–Crippen LogP) is 2.00. The van der Waals surface area contributed by atoms with Gasteiger partial charge in [0.2, 0.25) is 0 Å². The van der Waals surface area contributed by atoms with Crippen molar-refractivity contribution in [1.29, 1.82) is 0 Å². The maximum atomic E-state index is 12.0. The molecule has 1 aromatic heterocycles. The summed E-state index contributed by atoms with van der Waals surface area (Å²) in [7, 11) is 0. The topological polar surface area (TPSA) is 41.1 Å². The minimum absolute atomic E-state index is 0. The lowest BCUT2D eigenvalue weighted by Crippen LogP contribution is -2.29. The van der Waals surface area contributed by atoms with Crippen molar-refractivity contribution < 1.29 is 4.79 Å². The van der Waals surface area contributed by atoms with Crippen molar-refractivity contribution in [2.45, 2.75) is 25.7 Å². The second-order valence-corrected chi connectivity index (χ2v) is 6.12. The lowest BCUT2D eigenvalue weighted by Gasteiger charge is -2.08. The summed E-state index contributed by atoms with van der Waals surface area (Å²) in [5.41, 5.74) is 1.41. The Morgan fingerprint density at radius 1 is 1.50 bits per heavy atom. The van der Waals surface area contributed by atoms with Gasteiger partial charge in [-0.3, -0.25) is 4.79 Å². The van der Waals surface area contributed by atoms with Crippen molar-refractivity contribution in [1.82, 2.24) is 10.6 Å². The number of aryl methyl sites for hydroxylation is 2. The smallest absolute Gasteiger partial charge is 0.261 e. The van der Waals surface area contributed by atoms with E-state index in [1.165, 1.54) is 29.7 Å². The first kappa shape index (κ1) is 13.8. The van der Waals surface area contributed by atoms with Gasteiger partial charge in [-0.15, -0.1) is 23.7 Å². The Morgan fingerprint density at radius 3 is 3.11 bits per heavy atom. The molecule has 1 fully saturated rings. The number of carbonyl (C=O) groups is 1. The molecule has 0 spiro atoms. The molecule has 3 nitrogen and oxygen atoms in total. The van der Waals surface area contributed by atoms with Gasteiger partial charge >= 0.3 is 0 Å². The fourth-order valence-electron chi connectivity index (χ4n) is 2.65. The summed E-state index contributed by atoms with van der Waals surface area (Å²) in [6, 6.07) is 2.09. The van der Waals surface area contributed by atoms with Crippen LogP contribution in [0.3, 0.4) is 0 Å². The summed E-state index contributed by atoms with van der Waals surface area (Å²) in [5, 5.41) is 6.38. The van der Waals surface area contributed by atoms with E-state index in [1.807, 2.05) is 0 Å². The number of rotatable bonds is 3. The summed E-state index contributed by atoms with van der Waals surface area (Å²) in [6.45, 7) is 2.95. The maximum Gasteiger partial charge on any atom is 0.261 e. The Labute approximate surface area is 118 Å². The van der Waals surface area contributed by atoms with Crippen LogP contribution in [-0.2, 0) is 12.8 Å². The molecule has 0 saturated carbocycles. The molecule has 2 aliphatic rings. The van der Waals surface area contributed by atoms with Crippen molar-refractivity contribution in [2.24, 2.45) is 5.92 Å². The number of carbonyl (C=O) groups excluding carboxylic acids is 1. The number of halogens is 1. The number of thiophene rings is 1. The first-order valence-electron chi connectivity index (χ1n) is 6.43. The predicted molar refractivity (Wildman–Crippen MR) is 76.9 cm³/mol. The van der Waals surface area contributed by atoms with E-state index in [0.717, 1.165) is 30.9 Å². The minimum atomic E-state index is 0. The molecular weight excluding hydrogens is 268 g/mol. The van der Waals surface area contributed by atoms with E-state index < -0.39 is 0 Å². The van der Waals surface area contributed by atoms with Crippen molar-refractivity contribution in [3.05, 3.63) is 21.4 Å². The van der Waals surface area contributed by atoms with Crippen LogP contribution in [0.5, 0.6) is 0 Å². The number of amides is 1. The van der Waals surface area contributed by atoms with Gasteiger partial charge in [0.15, 0.2) is 0 Å². The molecule has 2 N–H and O–H groups in total. The fourth-order valence-corrected chi connectivity index (χ4v) is 3.82. The average molecular weight is 287 g/mol. The van der Waals surface area contributed by atoms with E-state index in [4.69, 9.17) is 0 Å². The van der Waals surface area contributed by atoms with Gasteiger partial charge in [-0.2, -0.15) is 0 Å². The molecular formula is C13H19ClN2OS. The van der Waals surface area contributed by atoms with Crippen LogP contribution < -0.4 is 10.6 Å². The van der Waals surface area contributed by atoms with Crippen LogP contribution >= 0.6 is 23.7 Å². The highest BCUT2D eigenvalue weighted by molar-refractivity contribution is 7.14. The number of hydrogen-bond acceptors (Lipinski definition) is 3. The molecule has 18 heavy (non-hydrogen) atoms. The quantitative estimate of drug-likeness (QED) is 0.892. The normalized spacial score (nSPS) is 21.4. The van der Waals surface area contributed by atoms with Crippen LogP contribution in [0.1, 0.15) is 33.0 Å². The van der Waals surface area contributed by atoms with Crippen LogP contribution in [0, 0.1) is 5.92 Å². The molecule has 5 heteroatoms. The number of fused-ring (bicyclic) bond motifs is 1. The largest absolute Gasteiger partial charge is 0.351 e. The standard InChI is InChI=1S/C13H18N2OS.ClH/c16-13(15-8-9-4-5-14-7-9)12-6-10-2-1-3-11(10)17-12;/h6,9,14H,1-5,7-8H2,(H,15,16);1H. The summed E-state index contributed by atoms with van der Waals surface area (Å²) in [6.07, 6.45) is 4.77. The Bertz CT molecular complexity index is 405. The lowest BCUT2D eigenvalue weighted by molar-refractivity contribution is 0.0952. The zero-order valence-electron chi connectivity index (χ0n) is 10.3. The van der Waals surface area contributed by atoms with Gasteiger partial charge < -0.3 is 10.6 Å². The molecule has 0 bridgehead atoms. The third-order valence-corrected chi connectivity index (χ3v) is 4.92. The third-order valence-electron chi connectivity index (χ3n) is 3.68. The van der Waals surface area contributed by atoms with E-state index in [0.29, 0.717) is 5.92 Å². The van der Waals surface area contributed by atoms with Crippen molar-refractivity contribution in [3.63, 3.8) is 0 Å². The van der Waals surface area contributed by atoms with E-state index in [-0.39, 0.29) is 18.3 Å². The van der Waals surface area contributed by atoms with E-state index in [2.05, 4.69) is 16.7 Å². The molecule has 1 aliphatic carbocycles. The zero-order chi connectivity index (χ0) is 11.7. The van der Waals surface area contributed by atoms with E-state index in [1.54, 1.807) is 11.3 Å². The highest BCUT2D eigenvalue weighted by Crippen LogP contribution is 2.30. The summed E-state index contributed by atoms with van der Waals surface area (Å²) >= 11 is 1.68. The summed E-state index contributed by atoms with van der Waals surface area (Å²) in [4.78, 5) is 14.3. The van der Waals surface area contributed by atoms with Gasteiger partial charge in [-0.25, -0.2) is 0 Å². The van der Waals surface area contributed by atoms with Gasteiger partial charge in [0, 0.05) is 11.4 Å². The molecule has 1 aliphatic heterocycles. The summed E-state index contributed by atoms with van der Waals surface area (Å²) in [5.74, 6) is 0.738. The molecule has 1 aromatic rings. The van der Waals surface area contributed by atoms with Crippen LogP contribution in [0.15, 0.2) is 6.07 Å². The number of hydrogen-bond donors (Lipinski definition) is 2. The molecule has 2 heterocycles. The SMILES string of the molecule is Cl.O=C(NCC1CCNC1)c1cc2c(s1)CCC2. The van der Waals surface area contributed by atoms with Crippen molar-refractivity contribution in [3.8, 4) is 0 Å². The zero-order valence-corrected chi connectivity index (χ0v) is 12.0. The molecule has 0 aromatic carbocycles. The van der Waals surface area contributed by atoms with Crippen LogP contribution in [0.25, 0.3) is 0 Å². The second kappa shape index (κ2) is 6.04. The van der Waals surface area contributed by atoms with Gasteiger partial charge in [0.1, 0.15) is 0 Å². The first-order valence-corrected chi connectivity index (χ1v) is 7.25.